The fourth-order valence-electron chi connectivity index (χ4n) is 2.27. The van der Waals surface area contributed by atoms with Crippen LogP contribution in [0.3, 0.4) is 0 Å². The Balaban J connectivity index is 2.10. The van der Waals surface area contributed by atoms with Gasteiger partial charge in [0.25, 0.3) is 0 Å². The molecule has 0 aliphatic heterocycles. The summed E-state index contributed by atoms with van der Waals surface area (Å²) in [7, 11) is 0. The molecule has 2 N–H and O–H groups in total. The number of pyridine rings is 1. The van der Waals surface area contributed by atoms with Crippen LogP contribution in [0, 0.1) is 6.92 Å². The molecule has 0 radical (unpaired) electrons. The molecule has 0 amide bonds. The van der Waals surface area contributed by atoms with E-state index in [1.54, 1.807) is 16.9 Å². The van der Waals surface area contributed by atoms with Crippen molar-refractivity contribution >= 4 is 10.9 Å². The van der Waals surface area contributed by atoms with Gasteiger partial charge in [0.1, 0.15) is 0 Å². The van der Waals surface area contributed by atoms with Gasteiger partial charge in [0.15, 0.2) is 5.43 Å². The fourth-order valence-corrected chi connectivity index (χ4v) is 2.27. The molecular weight excluding hydrogens is 254 g/mol. The molecule has 0 fully saturated rings. The van der Waals surface area contributed by atoms with Crippen LogP contribution < -0.4 is 5.43 Å². The molecule has 5 nitrogen and oxygen atoms in total. The molecule has 0 saturated heterocycles. The molecule has 0 bridgehead atoms. The summed E-state index contributed by atoms with van der Waals surface area (Å²) >= 11 is 0. The first-order chi connectivity index (χ1) is 9.67. The Bertz CT molecular complexity index is 817. The Kier molecular flexibility index (Phi) is 3.12. The second-order valence-corrected chi connectivity index (χ2v) is 4.81. The van der Waals surface area contributed by atoms with Crippen molar-refractivity contribution in [2.45, 2.75) is 13.3 Å². The predicted octanol–water partition coefficient (Wildman–Crippen LogP) is 1.56. The third-order valence-electron chi connectivity index (χ3n) is 3.25. The first-order valence-electron chi connectivity index (χ1n) is 6.46. The van der Waals surface area contributed by atoms with E-state index < -0.39 is 0 Å². The number of aliphatic hydroxyl groups excluding tert-OH is 1. The van der Waals surface area contributed by atoms with Crippen molar-refractivity contribution in [1.29, 1.82) is 0 Å². The average molecular weight is 269 g/mol. The third-order valence-corrected chi connectivity index (χ3v) is 3.25. The van der Waals surface area contributed by atoms with Crippen molar-refractivity contribution in [3.8, 4) is 5.69 Å². The zero-order valence-corrected chi connectivity index (χ0v) is 11.1. The number of hydrogen-bond donors (Lipinski definition) is 2. The summed E-state index contributed by atoms with van der Waals surface area (Å²) in [5, 5.41) is 13.8. The van der Waals surface area contributed by atoms with Crippen molar-refractivity contribution in [3.05, 3.63) is 58.1 Å². The minimum Gasteiger partial charge on any atom is -0.396 e. The van der Waals surface area contributed by atoms with Crippen LogP contribution in [0.25, 0.3) is 16.6 Å². The highest BCUT2D eigenvalue weighted by Crippen LogP contribution is 2.15. The lowest BCUT2D eigenvalue weighted by Crippen LogP contribution is -2.04. The molecule has 0 saturated carbocycles. The molecule has 0 aliphatic carbocycles. The van der Waals surface area contributed by atoms with Gasteiger partial charge >= 0.3 is 0 Å². The number of H-pyrrole nitrogens is 1. The van der Waals surface area contributed by atoms with Gasteiger partial charge < -0.3 is 10.1 Å². The molecule has 2 aromatic heterocycles. The number of nitrogens with one attached hydrogen (secondary N) is 1. The van der Waals surface area contributed by atoms with Gasteiger partial charge in [0.05, 0.1) is 11.9 Å². The molecule has 0 atom stereocenters. The summed E-state index contributed by atoms with van der Waals surface area (Å²) in [4.78, 5) is 15.2. The van der Waals surface area contributed by atoms with E-state index in [2.05, 4.69) is 10.1 Å². The van der Waals surface area contributed by atoms with Gasteiger partial charge in [-0.15, -0.1) is 0 Å². The van der Waals surface area contributed by atoms with Gasteiger partial charge in [-0.05, 0) is 37.1 Å². The Hall–Kier alpha value is -2.40. The zero-order valence-electron chi connectivity index (χ0n) is 11.1. The van der Waals surface area contributed by atoms with Gasteiger partial charge in [-0.3, -0.25) is 4.79 Å². The first kappa shape index (κ1) is 12.6. The van der Waals surface area contributed by atoms with E-state index in [0.717, 1.165) is 22.5 Å². The topological polar surface area (TPSA) is 70.9 Å². The number of nitrogens with zero attached hydrogens (tertiary/aromatic N) is 2. The van der Waals surface area contributed by atoms with Crippen LogP contribution in [0.2, 0.25) is 0 Å². The highest BCUT2D eigenvalue weighted by molar-refractivity contribution is 5.80. The van der Waals surface area contributed by atoms with Crippen LogP contribution in [0.5, 0.6) is 0 Å². The second kappa shape index (κ2) is 4.94. The van der Waals surface area contributed by atoms with Crippen molar-refractivity contribution in [2.24, 2.45) is 0 Å². The lowest BCUT2D eigenvalue weighted by molar-refractivity contribution is 0.299. The molecule has 3 aromatic rings. The minimum absolute atomic E-state index is 0.000776. The number of aromatic nitrogens is 3. The van der Waals surface area contributed by atoms with Crippen molar-refractivity contribution in [3.63, 3.8) is 0 Å². The smallest absolute Gasteiger partial charge is 0.189 e. The molecule has 0 unspecified atom stereocenters. The van der Waals surface area contributed by atoms with E-state index in [1.165, 1.54) is 0 Å². The van der Waals surface area contributed by atoms with Crippen molar-refractivity contribution < 1.29 is 5.11 Å². The zero-order chi connectivity index (χ0) is 14.1. The highest BCUT2D eigenvalue weighted by Gasteiger charge is 2.05. The molecule has 0 aliphatic rings. The second-order valence-electron chi connectivity index (χ2n) is 4.81. The first-order valence-corrected chi connectivity index (χ1v) is 6.46. The normalized spacial score (nSPS) is 11.1. The van der Waals surface area contributed by atoms with Crippen LogP contribution in [0.1, 0.15) is 11.3 Å². The summed E-state index contributed by atoms with van der Waals surface area (Å²) in [6.07, 6.45) is 4.16. The largest absolute Gasteiger partial charge is 0.396 e. The molecular formula is C15H15N3O2. The maximum Gasteiger partial charge on any atom is 0.189 e. The Labute approximate surface area is 115 Å². The Morgan fingerprint density at radius 2 is 2.20 bits per heavy atom. The third kappa shape index (κ3) is 2.23. The lowest BCUT2D eigenvalue weighted by atomic mass is 10.1. The minimum atomic E-state index is 0.000776. The SMILES string of the molecule is Cc1cc(=O)c2cc(-n3cc(CCO)cn3)ccc2[nH]1. The van der Waals surface area contributed by atoms with E-state index in [4.69, 9.17) is 5.11 Å². The number of aromatic amines is 1. The molecule has 102 valence electrons. The van der Waals surface area contributed by atoms with Crippen LogP contribution in [0.15, 0.2) is 41.5 Å². The summed E-state index contributed by atoms with van der Waals surface area (Å²) < 4.78 is 1.71. The van der Waals surface area contributed by atoms with E-state index in [-0.39, 0.29) is 12.0 Å². The van der Waals surface area contributed by atoms with E-state index in [1.807, 2.05) is 31.3 Å². The quantitative estimate of drug-likeness (QED) is 0.758. The van der Waals surface area contributed by atoms with E-state index in [0.29, 0.717) is 11.8 Å². The maximum atomic E-state index is 12.0. The van der Waals surface area contributed by atoms with Crippen LogP contribution in [-0.4, -0.2) is 26.5 Å². The summed E-state index contributed by atoms with van der Waals surface area (Å²) in [5.74, 6) is 0. The molecule has 3 rings (SSSR count). The Morgan fingerprint density at radius 1 is 1.35 bits per heavy atom. The van der Waals surface area contributed by atoms with Gasteiger partial charge in [0, 0.05) is 35.5 Å². The number of benzene rings is 1. The molecule has 20 heavy (non-hydrogen) atoms. The molecule has 0 spiro atoms. The summed E-state index contributed by atoms with van der Waals surface area (Å²) in [5.41, 5.74) is 3.46. The summed E-state index contributed by atoms with van der Waals surface area (Å²) in [6.45, 7) is 1.96. The highest BCUT2D eigenvalue weighted by atomic mass is 16.3. The van der Waals surface area contributed by atoms with Gasteiger partial charge in [-0.25, -0.2) is 4.68 Å². The lowest BCUT2D eigenvalue weighted by Gasteiger charge is -2.04. The number of hydrogen-bond acceptors (Lipinski definition) is 3. The standard InChI is InChI=1S/C15H15N3O2/c1-10-6-15(20)13-7-12(2-3-14(13)17-10)18-9-11(4-5-19)8-16-18/h2-3,6-9,19H,4-5H2,1H3,(H,17,20). The monoisotopic (exact) mass is 269 g/mol. The van der Waals surface area contributed by atoms with Crippen LogP contribution in [0.4, 0.5) is 0 Å². The van der Waals surface area contributed by atoms with Crippen LogP contribution in [-0.2, 0) is 6.42 Å². The predicted molar refractivity (Wildman–Crippen MR) is 77.2 cm³/mol. The number of fused-ring (bicyclic) bond motifs is 1. The van der Waals surface area contributed by atoms with Gasteiger partial charge in [-0.2, -0.15) is 5.10 Å². The van der Waals surface area contributed by atoms with E-state index >= 15 is 0 Å². The summed E-state index contributed by atoms with van der Waals surface area (Å²) in [6, 6.07) is 7.20. The number of aliphatic hydroxyl groups is 1. The van der Waals surface area contributed by atoms with Crippen molar-refractivity contribution in [2.75, 3.05) is 6.61 Å². The maximum absolute atomic E-state index is 12.0. The number of rotatable bonds is 3. The Morgan fingerprint density at radius 3 is 3.00 bits per heavy atom. The number of aryl methyl sites for hydroxylation is 1. The average Bonchev–Trinajstić information content (AvgIpc) is 2.87. The molecule has 5 heteroatoms. The van der Waals surface area contributed by atoms with Crippen molar-refractivity contribution in [1.82, 2.24) is 14.8 Å². The molecule has 1 aromatic carbocycles. The van der Waals surface area contributed by atoms with Crippen LogP contribution >= 0.6 is 0 Å². The fraction of sp³-hybridized carbons (Fsp3) is 0.200. The molecule has 2 heterocycles. The van der Waals surface area contributed by atoms with E-state index in [9.17, 15) is 4.79 Å². The van der Waals surface area contributed by atoms with Gasteiger partial charge in [0.2, 0.25) is 0 Å². The van der Waals surface area contributed by atoms with Gasteiger partial charge in [-0.1, -0.05) is 0 Å².